The molecule has 12 heavy (non-hydrogen) atoms. The third-order valence-corrected chi connectivity index (χ3v) is 3.48. The maximum absolute atomic E-state index is 11.4. The third kappa shape index (κ3) is 1.13. The minimum atomic E-state index is -0.373. The Balaban J connectivity index is 2.17. The second-order valence-corrected chi connectivity index (χ2v) is 4.37. The van der Waals surface area contributed by atoms with Crippen molar-refractivity contribution >= 4 is 22.8 Å². The molecule has 4 nitrogen and oxygen atoms in total. The molecule has 66 valence electrons. The number of thioether (sulfide) groups is 1. The van der Waals surface area contributed by atoms with Gasteiger partial charge in [-0.3, -0.25) is 4.79 Å². The van der Waals surface area contributed by atoms with Gasteiger partial charge in [0.15, 0.2) is 5.17 Å². The van der Waals surface area contributed by atoms with Crippen LogP contribution in [0.4, 0.5) is 0 Å². The molecule has 0 atom stereocenters. The van der Waals surface area contributed by atoms with E-state index >= 15 is 0 Å². The van der Waals surface area contributed by atoms with Crippen LogP contribution in [0, 0.1) is 0 Å². The predicted molar refractivity (Wildman–Crippen MR) is 47.0 cm³/mol. The lowest BCUT2D eigenvalue weighted by Gasteiger charge is -2.28. The summed E-state index contributed by atoms with van der Waals surface area (Å²) < 4.78 is 4.81. The predicted octanol–water partition coefficient (Wildman–Crippen LogP) is 0.124. The fraction of sp³-hybridized carbons (Fsp3) is 0.714. The van der Waals surface area contributed by atoms with Crippen molar-refractivity contribution in [1.29, 1.82) is 0 Å². The minimum absolute atomic E-state index is 0.0756. The first-order valence-corrected chi connectivity index (χ1v) is 4.70. The summed E-state index contributed by atoms with van der Waals surface area (Å²) in [5, 5.41) is 0.405. The SMILES string of the molecule is NC1=NC(=O)C2(CCOCC2)S1. The Morgan fingerprint density at radius 3 is 2.67 bits per heavy atom. The van der Waals surface area contributed by atoms with E-state index in [1.807, 2.05) is 0 Å². The number of ether oxygens (including phenoxy) is 1. The van der Waals surface area contributed by atoms with E-state index in [0.29, 0.717) is 18.4 Å². The van der Waals surface area contributed by atoms with Gasteiger partial charge in [0.1, 0.15) is 4.75 Å². The number of nitrogens with two attached hydrogens (primary N) is 1. The van der Waals surface area contributed by atoms with Gasteiger partial charge in [0.2, 0.25) is 0 Å². The Labute approximate surface area is 74.6 Å². The van der Waals surface area contributed by atoms with Crippen LogP contribution in [0.1, 0.15) is 12.8 Å². The highest BCUT2D eigenvalue weighted by atomic mass is 32.2. The van der Waals surface area contributed by atoms with E-state index in [0.717, 1.165) is 12.8 Å². The van der Waals surface area contributed by atoms with E-state index < -0.39 is 0 Å². The Morgan fingerprint density at radius 1 is 1.50 bits per heavy atom. The average molecular weight is 186 g/mol. The highest BCUT2D eigenvalue weighted by Crippen LogP contribution is 2.40. The number of amidine groups is 1. The fourth-order valence-electron chi connectivity index (χ4n) is 1.49. The molecule has 0 bridgehead atoms. The van der Waals surface area contributed by atoms with E-state index in [9.17, 15) is 4.79 Å². The molecule has 2 aliphatic rings. The van der Waals surface area contributed by atoms with Gasteiger partial charge in [0.05, 0.1) is 0 Å². The zero-order valence-electron chi connectivity index (χ0n) is 6.58. The van der Waals surface area contributed by atoms with Crippen molar-refractivity contribution in [1.82, 2.24) is 0 Å². The van der Waals surface area contributed by atoms with Crippen molar-refractivity contribution in [2.45, 2.75) is 17.6 Å². The number of rotatable bonds is 0. The number of nitrogens with zero attached hydrogens (tertiary/aromatic N) is 1. The molecule has 0 unspecified atom stereocenters. The molecule has 0 saturated carbocycles. The molecule has 2 heterocycles. The van der Waals surface area contributed by atoms with Gasteiger partial charge >= 0.3 is 0 Å². The quantitative estimate of drug-likeness (QED) is 0.583. The topological polar surface area (TPSA) is 64.7 Å². The second-order valence-electron chi connectivity index (χ2n) is 2.96. The van der Waals surface area contributed by atoms with Gasteiger partial charge in [-0.15, -0.1) is 0 Å². The number of carbonyl (C=O) groups excluding carboxylic acids is 1. The maximum Gasteiger partial charge on any atom is 0.264 e. The minimum Gasteiger partial charge on any atom is -0.381 e. The molecule has 0 radical (unpaired) electrons. The maximum atomic E-state index is 11.4. The molecule has 0 aliphatic carbocycles. The lowest BCUT2D eigenvalue weighted by atomic mass is 9.98. The molecule has 1 amide bonds. The molecular weight excluding hydrogens is 176 g/mol. The van der Waals surface area contributed by atoms with Gasteiger partial charge in [-0.25, -0.2) is 0 Å². The van der Waals surface area contributed by atoms with Crippen molar-refractivity contribution in [2.75, 3.05) is 13.2 Å². The number of aliphatic imine (C=N–C) groups is 1. The summed E-state index contributed by atoms with van der Waals surface area (Å²) in [5.41, 5.74) is 5.48. The molecular formula is C7H10N2O2S. The Morgan fingerprint density at radius 2 is 2.17 bits per heavy atom. The first kappa shape index (κ1) is 8.07. The molecule has 0 aromatic heterocycles. The molecule has 2 rings (SSSR count). The van der Waals surface area contributed by atoms with E-state index in [1.54, 1.807) is 0 Å². The van der Waals surface area contributed by atoms with Gasteiger partial charge in [-0.05, 0) is 12.8 Å². The van der Waals surface area contributed by atoms with Crippen molar-refractivity contribution < 1.29 is 9.53 Å². The van der Waals surface area contributed by atoms with Crippen LogP contribution in [-0.2, 0) is 9.53 Å². The van der Waals surface area contributed by atoms with Crippen LogP contribution >= 0.6 is 11.8 Å². The summed E-state index contributed by atoms with van der Waals surface area (Å²) in [4.78, 5) is 15.1. The molecule has 5 heteroatoms. The highest BCUT2D eigenvalue weighted by Gasteiger charge is 2.45. The first-order chi connectivity index (χ1) is 5.73. The summed E-state index contributed by atoms with van der Waals surface area (Å²) in [6, 6.07) is 0. The number of hydrogen-bond acceptors (Lipinski definition) is 4. The van der Waals surface area contributed by atoms with Crippen molar-refractivity contribution in [3.8, 4) is 0 Å². The summed E-state index contributed by atoms with van der Waals surface area (Å²) >= 11 is 1.40. The molecule has 1 fully saturated rings. The molecule has 0 aromatic rings. The smallest absolute Gasteiger partial charge is 0.264 e. The zero-order chi connectivity index (χ0) is 8.60. The van der Waals surface area contributed by atoms with Gasteiger partial charge in [-0.2, -0.15) is 4.99 Å². The largest absolute Gasteiger partial charge is 0.381 e. The van der Waals surface area contributed by atoms with Gasteiger partial charge in [0.25, 0.3) is 5.91 Å². The number of hydrogen-bond donors (Lipinski definition) is 1. The van der Waals surface area contributed by atoms with Crippen LogP contribution < -0.4 is 5.73 Å². The number of amides is 1. The van der Waals surface area contributed by atoms with E-state index in [1.165, 1.54) is 11.8 Å². The van der Waals surface area contributed by atoms with Crippen molar-refractivity contribution in [2.24, 2.45) is 10.7 Å². The van der Waals surface area contributed by atoms with Crippen LogP contribution in [0.25, 0.3) is 0 Å². The monoisotopic (exact) mass is 186 g/mol. The first-order valence-electron chi connectivity index (χ1n) is 3.88. The van der Waals surface area contributed by atoms with Gasteiger partial charge in [0, 0.05) is 13.2 Å². The Hall–Kier alpha value is -0.550. The highest BCUT2D eigenvalue weighted by molar-refractivity contribution is 8.16. The zero-order valence-corrected chi connectivity index (χ0v) is 7.39. The summed E-state index contributed by atoms with van der Waals surface area (Å²) in [5.74, 6) is -0.0756. The molecule has 2 N–H and O–H groups in total. The van der Waals surface area contributed by atoms with E-state index in [-0.39, 0.29) is 10.7 Å². The van der Waals surface area contributed by atoms with Crippen LogP contribution in [0.2, 0.25) is 0 Å². The fourth-order valence-corrected chi connectivity index (χ4v) is 2.52. The van der Waals surface area contributed by atoms with Gasteiger partial charge < -0.3 is 10.5 Å². The van der Waals surface area contributed by atoms with Gasteiger partial charge in [-0.1, -0.05) is 11.8 Å². The average Bonchev–Trinajstić information content (AvgIpc) is 2.29. The third-order valence-electron chi connectivity index (χ3n) is 2.20. The van der Waals surface area contributed by atoms with Crippen molar-refractivity contribution in [3.63, 3.8) is 0 Å². The lowest BCUT2D eigenvalue weighted by Crippen LogP contribution is -2.38. The number of carbonyl (C=O) groups is 1. The van der Waals surface area contributed by atoms with E-state index in [2.05, 4.69) is 4.99 Å². The summed E-state index contributed by atoms with van der Waals surface area (Å²) in [6.07, 6.45) is 1.47. The molecule has 1 spiro atoms. The normalized spacial score (nSPS) is 27.7. The van der Waals surface area contributed by atoms with Crippen LogP contribution in [-0.4, -0.2) is 29.0 Å². The summed E-state index contributed by atoms with van der Waals surface area (Å²) in [6.45, 7) is 1.28. The lowest BCUT2D eigenvalue weighted by molar-refractivity contribution is -0.122. The second kappa shape index (κ2) is 2.74. The Kier molecular flexibility index (Phi) is 1.84. The standard InChI is InChI=1S/C7H10N2O2S/c8-6-9-5(10)7(12-6)1-3-11-4-2-7/h1-4H2,(H2,8,9,10). The molecule has 0 aromatic carbocycles. The van der Waals surface area contributed by atoms with Crippen LogP contribution in [0.5, 0.6) is 0 Å². The molecule has 2 aliphatic heterocycles. The van der Waals surface area contributed by atoms with Crippen LogP contribution in [0.15, 0.2) is 4.99 Å². The Bertz CT molecular complexity index is 246. The van der Waals surface area contributed by atoms with Crippen molar-refractivity contribution in [3.05, 3.63) is 0 Å². The van der Waals surface area contributed by atoms with Crippen LogP contribution in [0.3, 0.4) is 0 Å². The molecule has 1 saturated heterocycles. The van der Waals surface area contributed by atoms with E-state index in [4.69, 9.17) is 10.5 Å². The summed E-state index contributed by atoms with van der Waals surface area (Å²) in [7, 11) is 0.